The second kappa shape index (κ2) is 7.50. The van der Waals surface area contributed by atoms with Gasteiger partial charge in [0.2, 0.25) is 5.91 Å². The Bertz CT molecular complexity index is 297. The van der Waals surface area contributed by atoms with Crippen molar-refractivity contribution in [3.8, 4) is 0 Å². The number of hydrogen-bond acceptors (Lipinski definition) is 4. The quantitative estimate of drug-likeness (QED) is 0.728. The first kappa shape index (κ1) is 15.1. The van der Waals surface area contributed by atoms with E-state index in [0.29, 0.717) is 18.4 Å². The van der Waals surface area contributed by atoms with E-state index < -0.39 is 0 Å². The van der Waals surface area contributed by atoms with Crippen LogP contribution in [0.1, 0.15) is 19.3 Å². The van der Waals surface area contributed by atoms with E-state index in [4.69, 9.17) is 4.74 Å². The largest absolute Gasteiger partial charge is 0.383 e. The summed E-state index contributed by atoms with van der Waals surface area (Å²) in [6, 6.07) is 0.360. The van der Waals surface area contributed by atoms with Crippen LogP contribution in [0.4, 0.5) is 0 Å². The average molecular weight is 286 g/mol. The molecule has 0 aromatic carbocycles. The molecule has 2 fully saturated rings. The fraction of sp³-hybridized carbons (Fsp3) is 0.929. The van der Waals surface area contributed by atoms with Gasteiger partial charge in [0.1, 0.15) is 0 Å². The Hall–Kier alpha value is -0.260. The summed E-state index contributed by atoms with van der Waals surface area (Å²) in [6.45, 7) is 3.89. The summed E-state index contributed by atoms with van der Waals surface area (Å²) in [7, 11) is 1.75. The van der Waals surface area contributed by atoms with Gasteiger partial charge in [-0.1, -0.05) is 0 Å². The maximum atomic E-state index is 11.9. The molecule has 1 heterocycles. The van der Waals surface area contributed by atoms with Crippen molar-refractivity contribution in [2.24, 2.45) is 11.8 Å². The number of rotatable bonds is 8. The van der Waals surface area contributed by atoms with E-state index in [1.165, 1.54) is 12.8 Å². The lowest BCUT2D eigenvalue weighted by Crippen LogP contribution is -2.41. The zero-order chi connectivity index (χ0) is 13.7. The minimum atomic E-state index is 0.221. The second-order valence-electron chi connectivity index (χ2n) is 5.67. The zero-order valence-electron chi connectivity index (χ0n) is 12.1. The fourth-order valence-electron chi connectivity index (χ4n) is 2.94. The molecule has 2 rings (SSSR count). The monoisotopic (exact) mass is 286 g/mol. The van der Waals surface area contributed by atoms with Crippen molar-refractivity contribution in [2.75, 3.05) is 45.4 Å². The van der Waals surface area contributed by atoms with Gasteiger partial charge in [-0.2, -0.15) is 11.8 Å². The molecule has 1 N–H and O–H groups in total. The molecule has 5 heteroatoms. The lowest BCUT2D eigenvalue weighted by molar-refractivity contribution is -0.121. The summed E-state index contributed by atoms with van der Waals surface area (Å²) in [5, 5.41) is 3.26. The molecule has 0 radical (unpaired) electrons. The van der Waals surface area contributed by atoms with E-state index in [9.17, 15) is 4.79 Å². The number of hydrogen-bond donors (Lipinski definition) is 1. The number of likely N-dealkylation sites (tertiary alicyclic amines) is 1. The highest BCUT2D eigenvalue weighted by Crippen LogP contribution is 2.41. The minimum absolute atomic E-state index is 0.221. The molecular weight excluding hydrogens is 260 g/mol. The second-order valence-corrected chi connectivity index (χ2v) is 6.66. The van der Waals surface area contributed by atoms with Crippen molar-refractivity contribution < 1.29 is 9.53 Å². The van der Waals surface area contributed by atoms with Crippen molar-refractivity contribution >= 4 is 17.7 Å². The van der Waals surface area contributed by atoms with Crippen LogP contribution >= 0.6 is 11.8 Å². The minimum Gasteiger partial charge on any atom is -0.383 e. The maximum Gasteiger partial charge on any atom is 0.221 e. The predicted molar refractivity (Wildman–Crippen MR) is 79.5 cm³/mol. The van der Waals surface area contributed by atoms with E-state index in [2.05, 4.69) is 10.2 Å². The molecular formula is C14H26N2O2S. The molecule has 0 aromatic rings. The van der Waals surface area contributed by atoms with Gasteiger partial charge in [-0.3, -0.25) is 9.69 Å². The smallest absolute Gasteiger partial charge is 0.221 e. The van der Waals surface area contributed by atoms with Crippen LogP contribution in [0.25, 0.3) is 0 Å². The number of nitrogens with zero attached hydrogens (tertiary/aromatic N) is 1. The van der Waals surface area contributed by atoms with Crippen molar-refractivity contribution in [1.29, 1.82) is 0 Å². The Balaban J connectivity index is 1.80. The molecule has 0 aromatic heterocycles. The Morgan fingerprint density at radius 3 is 2.84 bits per heavy atom. The molecule has 4 nitrogen and oxygen atoms in total. The van der Waals surface area contributed by atoms with Crippen LogP contribution in [0.3, 0.4) is 0 Å². The zero-order valence-corrected chi connectivity index (χ0v) is 12.9. The molecule has 0 bridgehead atoms. The van der Waals surface area contributed by atoms with E-state index >= 15 is 0 Å². The standard InChI is InChI=1S/C14H26N2O2S/c1-18-7-6-16-9-12(11-3-4-11)13(10-16)15-14(17)5-8-19-2/h11-13H,3-10H2,1-2H3,(H,15,17)/t12-,13+/m0/s1. The third kappa shape index (κ3) is 4.65. The molecule has 1 saturated carbocycles. The molecule has 2 aliphatic rings. The van der Waals surface area contributed by atoms with Crippen LogP contribution in [0.15, 0.2) is 0 Å². The molecule has 1 aliphatic heterocycles. The number of ether oxygens (including phenoxy) is 1. The normalized spacial score (nSPS) is 27.7. The molecule has 1 aliphatic carbocycles. The van der Waals surface area contributed by atoms with Crippen molar-refractivity contribution in [3.05, 3.63) is 0 Å². The topological polar surface area (TPSA) is 41.6 Å². The van der Waals surface area contributed by atoms with Crippen LogP contribution in [-0.2, 0) is 9.53 Å². The summed E-state index contributed by atoms with van der Waals surface area (Å²) in [5.74, 6) is 2.65. The first-order valence-corrected chi connectivity index (χ1v) is 8.63. The number of thioether (sulfide) groups is 1. The molecule has 2 atom stereocenters. The van der Waals surface area contributed by atoms with Crippen molar-refractivity contribution in [1.82, 2.24) is 10.2 Å². The third-order valence-corrected chi connectivity index (χ3v) is 4.77. The highest BCUT2D eigenvalue weighted by Gasteiger charge is 2.42. The van der Waals surface area contributed by atoms with Crippen molar-refractivity contribution in [3.63, 3.8) is 0 Å². The summed E-state index contributed by atoms with van der Waals surface area (Å²) in [6.07, 6.45) is 5.38. The molecule has 1 amide bonds. The van der Waals surface area contributed by atoms with Gasteiger partial charge in [0, 0.05) is 45.0 Å². The highest BCUT2D eigenvalue weighted by atomic mass is 32.2. The van der Waals surface area contributed by atoms with E-state index in [-0.39, 0.29) is 5.91 Å². The Morgan fingerprint density at radius 2 is 2.21 bits per heavy atom. The fourth-order valence-corrected chi connectivity index (χ4v) is 3.33. The number of carbonyl (C=O) groups is 1. The van der Waals surface area contributed by atoms with Crippen LogP contribution in [0.2, 0.25) is 0 Å². The van der Waals surface area contributed by atoms with Gasteiger partial charge in [-0.05, 0) is 30.9 Å². The molecule has 110 valence electrons. The lowest BCUT2D eigenvalue weighted by atomic mass is 9.98. The summed E-state index contributed by atoms with van der Waals surface area (Å²) in [4.78, 5) is 14.3. The average Bonchev–Trinajstić information content (AvgIpc) is 3.17. The Kier molecular flexibility index (Phi) is 5.98. The van der Waals surface area contributed by atoms with Gasteiger partial charge in [0.25, 0.3) is 0 Å². The number of methoxy groups -OCH3 is 1. The SMILES string of the molecule is COCCN1C[C@@H](NC(=O)CCSC)[C@H](C2CC2)C1. The van der Waals surface area contributed by atoms with Crippen LogP contribution in [0, 0.1) is 11.8 Å². The molecule has 0 spiro atoms. The van der Waals surface area contributed by atoms with Crippen LogP contribution in [0.5, 0.6) is 0 Å². The number of carbonyl (C=O) groups excluding carboxylic acids is 1. The van der Waals surface area contributed by atoms with Gasteiger partial charge in [0.05, 0.1) is 6.61 Å². The van der Waals surface area contributed by atoms with Crippen LogP contribution in [-0.4, -0.2) is 62.2 Å². The predicted octanol–water partition coefficient (Wildman–Crippen LogP) is 1.21. The van der Waals surface area contributed by atoms with Gasteiger partial charge in [-0.15, -0.1) is 0 Å². The molecule has 0 unspecified atom stereocenters. The van der Waals surface area contributed by atoms with Crippen molar-refractivity contribution in [2.45, 2.75) is 25.3 Å². The van der Waals surface area contributed by atoms with E-state index in [1.807, 2.05) is 6.26 Å². The Labute approximate surface area is 120 Å². The summed E-state index contributed by atoms with van der Waals surface area (Å²) in [5.41, 5.74) is 0. The van der Waals surface area contributed by atoms with E-state index in [0.717, 1.165) is 37.9 Å². The third-order valence-electron chi connectivity index (χ3n) is 4.16. The number of amides is 1. The maximum absolute atomic E-state index is 11.9. The Morgan fingerprint density at radius 1 is 1.42 bits per heavy atom. The first-order chi connectivity index (χ1) is 9.24. The lowest BCUT2D eigenvalue weighted by Gasteiger charge is -2.19. The van der Waals surface area contributed by atoms with Gasteiger partial charge >= 0.3 is 0 Å². The molecule has 1 saturated heterocycles. The summed E-state index contributed by atoms with van der Waals surface area (Å²) < 4.78 is 5.15. The van der Waals surface area contributed by atoms with Gasteiger partial charge in [-0.25, -0.2) is 0 Å². The van der Waals surface area contributed by atoms with Crippen LogP contribution < -0.4 is 5.32 Å². The number of nitrogens with one attached hydrogen (secondary N) is 1. The molecule has 19 heavy (non-hydrogen) atoms. The first-order valence-electron chi connectivity index (χ1n) is 7.24. The van der Waals surface area contributed by atoms with E-state index in [1.54, 1.807) is 18.9 Å². The van der Waals surface area contributed by atoms with Gasteiger partial charge in [0.15, 0.2) is 0 Å². The summed E-state index contributed by atoms with van der Waals surface area (Å²) >= 11 is 1.73. The highest BCUT2D eigenvalue weighted by molar-refractivity contribution is 7.98. The van der Waals surface area contributed by atoms with Gasteiger partial charge < -0.3 is 10.1 Å².